The third kappa shape index (κ3) is 8.14. The van der Waals surface area contributed by atoms with Crippen LogP contribution in [-0.4, -0.2) is 58.5 Å². The van der Waals surface area contributed by atoms with Gasteiger partial charge in [0.05, 0.1) is 29.0 Å². The number of thiazole rings is 1. The second-order valence-electron chi connectivity index (χ2n) is 11.3. The SMILES string of the molecule is CC(C)(C)/C(N)=C/C(=NC1CCOCC1)NC(=O)Nc1cnc(Oc2ccc(-c3cnc(N4CCCC4=O)s3)cc2)nc1. The van der Waals surface area contributed by atoms with Gasteiger partial charge in [-0.2, -0.15) is 0 Å². The number of carbonyl (C=O) groups excluding carboxylic acids is 2. The molecule has 2 aromatic heterocycles. The molecule has 2 saturated heterocycles. The number of allylic oxidation sites excluding steroid dienone is 1. The number of rotatable bonds is 7. The van der Waals surface area contributed by atoms with Gasteiger partial charge in [0.15, 0.2) is 5.13 Å². The van der Waals surface area contributed by atoms with Gasteiger partial charge >= 0.3 is 12.0 Å². The number of anilines is 2. The predicted molar refractivity (Wildman–Crippen MR) is 166 cm³/mol. The molecule has 4 N–H and O–H groups in total. The maximum Gasteiger partial charge on any atom is 0.324 e. The fraction of sp³-hybridized carbons (Fsp3) is 0.400. The number of nitrogens with one attached hydrogen (secondary N) is 2. The van der Waals surface area contributed by atoms with Crippen LogP contribution in [0.25, 0.3) is 10.4 Å². The number of aliphatic imine (C=N–C) groups is 1. The molecule has 1 aromatic carbocycles. The number of ether oxygens (including phenoxy) is 2. The third-order valence-electron chi connectivity index (χ3n) is 6.94. The van der Waals surface area contributed by atoms with Gasteiger partial charge in [0, 0.05) is 43.5 Å². The average Bonchev–Trinajstić information content (AvgIpc) is 3.63. The highest BCUT2D eigenvalue weighted by Crippen LogP contribution is 2.34. The zero-order valence-electron chi connectivity index (χ0n) is 24.5. The quantitative estimate of drug-likeness (QED) is 0.248. The summed E-state index contributed by atoms with van der Waals surface area (Å²) in [7, 11) is 0. The normalized spacial score (nSPS) is 16.8. The highest BCUT2D eigenvalue weighted by molar-refractivity contribution is 7.19. The molecule has 0 bridgehead atoms. The topological polar surface area (TPSA) is 157 Å². The third-order valence-corrected chi connectivity index (χ3v) is 8.01. The predicted octanol–water partition coefficient (Wildman–Crippen LogP) is 5.11. The minimum absolute atomic E-state index is 0.0435. The molecular weight excluding hydrogens is 568 g/mol. The van der Waals surface area contributed by atoms with Crippen molar-refractivity contribution in [3.05, 3.63) is 54.6 Å². The van der Waals surface area contributed by atoms with Gasteiger partial charge in [0.25, 0.3) is 0 Å². The highest BCUT2D eigenvalue weighted by atomic mass is 32.1. The van der Waals surface area contributed by atoms with Crippen LogP contribution in [0.4, 0.5) is 15.6 Å². The van der Waals surface area contributed by atoms with Crippen molar-refractivity contribution in [2.45, 2.75) is 52.5 Å². The Bertz CT molecular complexity index is 1490. The Morgan fingerprint density at radius 3 is 2.51 bits per heavy atom. The maximum atomic E-state index is 12.8. The minimum Gasteiger partial charge on any atom is -0.424 e. The molecule has 0 radical (unpaired) electrons. The molecule has 2 aliphatic heterocycles. The lowest BCUT2D eigenvalue weighted by Gasteiger charge is -2.22. The van der Waals surface area contributed by atoms with Crippen LogP contribution in [0.3, 0.4) is 0 Å². The number of nitrogens with zero attached hydrogens (tertiary/aromatic N) is 5. The van der Waals surface area contributed by atoms with Crippen molar-refractivity contribution in [1.29, 1.82) is 0 Å². The fourth-order valence-electron chi connectivity index (χ4n) is 4.36. The molecule has 4 heterocycles. The van der Waals surface area contributed by atoms with Crippen LogP contribution in [0.5, 0.6) is 11.8 Å². The van der Waals surface area contributed by atoms with E-state index in [1.165, 1.54) is 23.7 Å². The molecule has 2 aliphatic rings. The van der Waals surface area contributed by atoms with Gasteiger partial charge in [0.2, 0.25) is 5.91 Å². The van der Waals surface area contributed by atoms with Crippen molar-refractivity contribution < 1.29 is 19.1 Å². The van der Waals surface area contributed by atoms with Crippen LogP contribution in [-0.2, 0) is 9.53 Å². The Morgan fingerprint density at radius 1 is 1.14 bits per heavy atom. The Balaban J connectivity index is 1.18. The molecule has 12 nitrogen and oxygen atoms in total. The molecule has 226 valence electrons. The van der Waals surface area contributed by atoms with E-state index >= 15 is 0 Å². The number of hydrogen-bond acceptors (Lipinski definition) is 10. The van der Waals surface area contributed by atoms with E-state index in [0.29, 0.717) is 49.1 Å². The standard InChI is InChI=1S/C30H36N8O4S/c1-30(2,3)24(31)15-25(35-20-10-13-41-14-11-20)37-27(40)36-21-16-32-28(33-17-21)42-22-8-6-19(7-9-22)23-18-34-29(43-23)38-12-4-5-26(38)39/h6-9,15-18,20H,4-5,10-14,31H2,1-3H3,(H2,35,36,37,40)/b24-15-. The van der Waals surface area contributed by atoms with Crippen molar-refractivity contribution >= 4 is 39.9 Å². The van der Waals surface area contributed by atoms with Crippen LogP contribution < -0.4 is 26.0 Å². The van der Waals surface area contributed by atoms with Crippen molar-refractivity contribution in [3.63, 3.8) is 0 Å². The first kappa shape index (κ1) is 30.1. The molecule has 3 amide bonds. The smallest absolute Gasteiger partial charge is 0.324 e. The molecule has 3 aromatic rings. The molecule has 0 atom stereocenters. The van der Waals surface area contributed by atoms with Crippen molar-refractivity contribution in [2.24, 2.45) is 16.1 Å². The average molecular weight is 605 g/mol. The van der Waals surface area contributed by atoms with Crippen molar-refractivity contribution in [2.75, 3.05) is 30.0 Å². The summed E-state index contributed by atoms with van der Waals surface area (Å²) in [4.78, 5) is 45.1. The van der Waals surface area contributed by atoms with Crippen LogP contribution in [0.15, 0.2) is 59.6 Å². The van der Waals surface area contributed by atoms with E-state index in [1.807, 2.05) is 45.0 Å². The summed E-state index contributed by atoms with van der Waals surface area (Å²) >= 11 is 1.49. The number of aromatic nitrogens is 3. The van der Waals surface area contributed by atoms with Crippen LogP contribution in [0, 0.1) is 5.41 Å². The Labute approximate surface area is 254 Å². The summed E-state index contributed by atoms with van der Waals surface area (Å²) in [5, 5.41) is 6.25. The Morgan fingerprint density at radius 2 is 1.86 bits per heavy atom. The van der Waals surface area contributed by atoms with Gasteiger partial charge in [-0.1, -0.05) is 32.1 Å². The number of urea groups is 1. The van der Waals surface area contributed by atoms with E-state index in [9.17, 15) is 9.59 Å². The van der Waals surface area contributed by atoms with Crippen LogP contribution in [0.1, 0.15) is 46.5 Å². The number of hydrogen-bond donors (Lipinski definition) is 3. The number of nitrogens with two attached hydrogens (primary N) is 1. The lowest BCUT2D eigenvalue weighted by molar-refractivity contribution is -0.117. The van der Waals surface area contributed by atoms with Gasteiger partial charge in [0.1, 0.15) is 11.6 Å². The monoisotopic (exact) mass is 604 g/mol. The van der Waals surface area contributed by atoms with E-state index in [2.05, 4.69) is 25.6 Å². The first-order valence-electron chi connectivity index (χ1n) is 14.2. The second kappa shape index (κ2) is 13.3. The number of carbonyl (C=O) groups is 2. The summed E-state index contributed by atoms with van der Waals surface area (Å²) in [6.45, 7) is 7.98. The first-order chi connectivity index (χ1) is 20.6. The molecule has 2 fully saturated rings. The van der Waals surface area contributed by atoms with E-state index in [-0.39, 0.29) is 23.4 Å². The maximum absolute atomic E-state index is 12.8. The second-order valence-corrected chi connectivity index (χ2v) is 12.3. The van der Waals surface area contributed by atoms with E-state index < -0.39 is 6.03 Å². The molecule has 0 spiro atoms. The summed E-state index contributed by atoms with van der Waals surface area (Å²) in [5.74, 6) is 1.06. The Hall–Kier alpha value is -4.36. The lowest BCUT2D eigenvalue weighted by atomic mass is 9.92. The van der Waals surface area contributed by atoms with Gasteiger partial charge < -0.3 is 20.5 Å². The molecular formula is C30H36N8O4S. The Kier molecular flexibility index (Phi) is 9.31. The van der Waals surface area contributed by atoms with E-state index in [0.717, 1.165) is 34.8 Å². The number of amidine groups is 1. The summed E-state index contributed by atoms with van der Waals surface area (Å²) in [5.41, 5.74) is 7.94. The zero-order valence-corrected chi connectivity index (χ0v) is 25.3. The first-order valence-corrected chi connectivity index (χ1v) is 15.0. The summed E-state index contributed by atoms with van der Waals surface area (Å²) in [6.07, 6.45) is 9.40. The number of benzene rings is 1. The van der Waals surface area contributed by atoms with Gasteiger partial charge in [-0.05, 0) is 55.2 Å². The van der Waals surface area contributed by atoms with E-state index in [4.69, 9.17) is 20.2 Å². The molecule has 0 unspecified atom stereocenters. The molecule has 13 heteroatoms. The van der Waals surface area contributed by atoms with Crippen molar-refractivity contribution in [3.8, 4) is 22.2 Å². The molecule has 5 rings (SSSR count). The summed E-state index contributed by atoms with van der Waals surface area (Å²) in [6, 6.07) is 7.15. The van der Waals surface area contributed by atoms with Crippen LogP contribution >= 0.6 is 11.3 Å². The lowest BCUT2D eigenvalue weighted by Crippen LogP contribution is -2.36. The minimum atomic E-state index is -0.489. The summed E-state index contributed by atoms with van der Waals surface area (Å²) < 4.78 is 11.2. The van der Waals surface area contributed by atoms with E-state index in [1.54, 1.807) is 17.2 Å². The zero-order chi connectivity index (χ0) is 30.4. The highest BCUT2D eigenvalue weighted by Gasteiger charge is 2.24. The van der Waals surface area contributed by atoms with Gasteiger partial charge in [-0.3, -0.25) is 20.0 Å². The van der Waals surface area contributed by atoms with Crippen LogP contribution in [0.2, 0.25) is 0 Å². The molecule has 0 aliphatic carbocycles. The fourth-order valence-corrected chi connectivity index (χ4v) is 5.32. The van der Waals surface area contributed by atoms with Gasteiger partial charge in [-0.25, -0.2) is 19.7 Å². The molecule has 43 heavy (non-hydrogen) atoms. The van der Waals surface area contributed by atoms with Crippen molar-refractivity contribution in [1.82, 2.24) is 20.3 Å². The molecule has 0 saturated carbocycles. The number of amides is 3. The largest absolute Gasteiger partial charge is 0.424 e. The van der Waals surface area contributed by atoms with Gasteiger partial charge in [-0.15, -0.1) is 0 Å².